The van der Waals surface area contributed by atoms with E-state index in [1.165, 1.54) is 5.56 Å². The Kier molecular flexibility index (Phi) is 6.37. The second-order valence-corrected chi connectivity index (χ2v) is 5.59. The first-order valence-electron chi connectivity index (χ1n) is 6.42. The number of aliphatic hydroxyl groups excluding tert-OH is 1. The van der Waals surface area contributed by atoms with Crippen molar-refractivity contribution in [2.24, 2.45) is 0 Å². The van der Waals surface area contributed by atoms with Crippen LogP contribution in [0.5, 0.6) is 0 Å². The standard InChI is InChI=1S/C13H23N3O2S/c1-9-10(2)15-16(11(9)3)7-6-14-13(18)12(17)5-8-19-4/h12,17H,5-8H2,1-4H3,(H,14,18)/t12-/m0/s1. The summed E-state index contributed by atoms with van der Waals surface area (Å²) < 4.78 is 1.89. The molecule has 0 aliphatic heterocycles. The lowest BCUT2D eigenvalue weighted by atomic mass is 10.2. The van der Waals surface area contributed by atoms with E-state index in [2.05, 4.69) is 10.4 Å². The Hall–Kier alpha value is -1.01. The average molecular weight is 285 g/mol. The number of aryl methyl sites for hydroxylation is 1. The van der Waals surface area contributed by atoms with Crippen molar-refractivity contribution in [1.82, 2.24) is 15.1 Å². The van der Waals surface area contributed by atoms with E-state index in [1.54, 1.807) is 11.8 Å². The Morgan fingerprint density at radius 1 is 1.47 bits per heavy atom. The number of hydrogen-bond donors (Lipinski definition) is 2. The summed E-state index contributed by atoms with van der Waals surface area (Å²) in [5.41, 5.74) is 3.32. The lowest BCUT2D eigenvalue weighted by Crippen LogP contribution is -2.36. The molecule has 1 rings (SSSR count). The summed E-state index contributed by atoms with van der Waals surface area (Å²) in [5.74, 6) is 0.484. The van der Waals surface area contributed by atoms with Crippen LogP contribution >= 0.6 is 11.8 Å². The number of thioether (sulfide) groups is 1. The minimum atomic E-state index is -0.908. The zero-order valence-corrected chi connectivity index (χ0v) is 12.9. The molecular formula is C13H23N3O2S. The maximum absolute atomic E-state index is 11.6. The normalized spacial score (nSPS) is 12.5. The largest absolute Gasteiger partial charge is 0.383 e. The summed E-state index contributed by atoms with van der Waals surface area (Å²) >= 11 is 1.62. The highest BCUT2D eigenvalue weighted by Gasteiger charge is 2.14. The lowest BCUT2D eigenvalue weighted by molar-refractivity contribution is -0.129. The lowest BCUT2D eigenvalue weighted by Gasteiger charge is -2.11. The molecule has 0 saturated heterocycles. The summed E-state index contributed by atoms with van der Waals surface area (Å²) in [6.45, 7) is 7.14. The van der Waals surface area contributed by atoms with Gasteiger partial charge in [0.15, 0.2) is 0 Å². The van der Waals surface area contributed by atoms with E-state index in [1.807, 2.05) is 31.7 Å². The SMILES string of the molecule is CSCC[C@H](O)C(=O)NCCn1nc(C)c(C)c1C. The summed E-state index contributed by atoms with van der Waals surface area (Å²) in [4.78, 5) is 11.6. The Balaban J connectivity index is 2.37. The molecule has 19 heavy (non-hydrogen) atoms. The van der Waals surface area contributed by atoms with Gasteiger partial charge in [-0.3, -0.25) is 9.48 Å². The molecule has 0 spiro atoms. The van der Waals surface area contributed by atoms with E-state index in [0.717, 1.165) is 17.1 Å². The maximum Gasteiger partial charge on any atom is 0.248 e. The fourth-order valence-corrected chi connectivity index (χ4v) is 2.23. The first-order chi connectivity index (χ1) is 8.97. The summed E-state index contributed by atoms with van der Waals surface area (Å²) in [6.07, 6.45) is 1.54. The van der Waals surface area contributed by atoms with Crippen molar-refractivity contribution in [3.63, 3.8) is 0 Å². The Labute approximate surface area is 118 Å². The minimum Gasteiger partial charge on any atom is -0.383 e. The van der Waals surface area contributed by atoms with E-state index < -0.39 is 6.10 Å². The van der Waals surface area contributed by atoms with Gasteiger partial charge in [0.1, 0.15) is 6.10 Å². The monoisotopic (exact) mass is 285 g/mol. The zero-order valence-electron chi connectivity index (χ0n) is 12.1. The molecule has 0 radical (unpaired) electrons. The third-order valence-corrected chi connectivity index (χ3v) is 3.91. The molecule has 0 saturated carbocycles. The van der Waals surface area contributed by atoms with Crippen molar-refractivity contribution in [2.75, 3.05) is 18.6 Å². The zero-order chi connectivity index (χ0) is 14.4. The quantitative estimate of drug-likeness (QED) is 0.785. The molecule has 1 aromatic heterocycles. The smallest absolute Gasteiger partial charge is 0.248 e. The van der Waals surface area contributed by atoms with Crippen LogP contribution in [-0.4, -0.2) is 45.5 Å². The van der Waals surface area contributed by atoms with Crippen LogP contribution in [0.3, 0.4) is 0 Å². The molecule has 0 bridgehead atoms. The Morgan fingerprint density at radius 2 is 2.16 bits per heavy atom. The third kappa shape index (κ3) is 4.54. The predicted molar refractivity (Wildman–Crippen MR) is 78.5 cm³/mol. The number of amides is 1. The van der Waals surface area contributed by atoms with Gasteiger partial charge in [-0.1, -0.05) is 0 Å². The van der Waals surface area contributed by atoms with Crippen molar-refractivity contribution in [3.05, 3.63) is 17.0 Å². The molecule has 0 unspecified atom stereocenters. The van der Waals surface area contributed by atoms with Gasteiger partial charge in [-0.15, -0.1) is 0 Å². The molecule has 5 nitrogen and oxygen atoms in total. The molecule has 1 heterocycles. The molecule has 0 aliphatic rings. The van der Waals surface area contributed by atoms with Gasteiger partial charge < -0.3 is 10.4 Å². The fraction of sp³-hybridized carbons (Fsp3) is 0.692. The fourth-order valence-electron chi connectivity index (χ4n) is 1.77. The second kappa shape index (κ2) is 7.55. The highest BCUT2D eigenvalue weighted by molar-refractivity contribution is 7.98. The van der Waals surface area contributed by atoms with Crippen molar-refractivity contribution >= 4 is 17.7 Å². The van der Waals surface area contributed by atoms with Crippen molar-refractivity contribution in [2.45, 2.75) is 39.8 Å². The Morgan fingerprint density at radius 3 is 2.68 bits per heavy atom. The van der Waals surface area contributed by atoms with Gasteiger partial charge in [0.2, 0.25) is 5.91 Å². The summed E-state index contributed by atoms with van der Waals surface area (Å²) in [5, 5.41) is 16.7. The van der Waals surface area contributed by atoms with Gasteiger partial charge >= 0.3 is 0 Å². The molecule has 0 aliphatic carbocycles. The van der Waals surface area contributed by atoms with Gasteiger partial charge in [-0.05, 0) is 44.8 Å². The molecule has 0 aromatic carbocycles. The highest BCUT2D eigenvalue weighted by Crippen LogP contribution is 2.10. The van der Waals surface area contributed by atoms with Crippen LogP contribution < -0.4 is 5.32 Å². The van der Waals surface area contributed by atoms with Crippen molar-refractivity contribution in [3.8, 4) is 0 Å². The number of carbonyl (C=O) groups excluding carboxylic acids is 1. The molecule has 1 amide bonds. The number of carbonyl (C=O) groups is 1. The van der Waals surface area contributed by atoms with Crippen molar-refractivity contribution < 1.29 is 9.90 Å². The van der Waals surface area contributed by atoms with Gasteiger partial charge in [0.25, 0.3) is 0 Å². The second-order valence-electron chi connectivity index (χ2n) is 4.61. The number of hydrogen-bond acceptors (Lipinski definition) is 4. The van der Waals surface area contributed by atoms with E-state index >= 15 is 0 Å². The predicted octanol–water partition coefficient (Wildman–Crippen LogP) is 1.04. The topological polar surface area (TPSA) is 67.2 Å². The molecule has 108 valence electrons. The number of rotatable bonds is 7. The molecular weight excluding hydrogens is 262 g/mol. The van der Waals surface area contributed by atoms with Crippen LogP contribution in [0.4, 0.5) is 0 Å². The maximum atomic E-state index is 11.6. The molecule has 0 fully saturated rings. The number of nitrogens with one attached hydrogen (secondary N) is 1. The van der Waals surface area contributed by atoms with E-state index in [4.69, 9.17) is 0 Å². The van der Waals surface area contributed by atoms with Crippen LogP contribution in [0.2, 0.25) is 0 Å². The average Bonchev–Trinajstić information content (AvgIpc) is 2.63. The minimum absolute atomic E-state index is 0.299. The van der Waals surface area contributed by atoms with Gasteiger partial charge in [0, 0.05) is 12.2 Å². The van der Waals surface area contributed by atoms with Crippen LogP contribution in [0.15, 0.2) is 0 Å². The first kappa shape index (κ1) is 16.0. The molecule has 6 heteroatoms. The van der Waals surface area contributed by atoms with Gasteiger partial charge in [-0.25, -0.2) is 0 Å². The molecule has 1 atom stereocenters. The van der Waals surface area contributed by atoms with Gasteiger partial charge in [0.05, 0.1) is 12.2 Å². The van der Waals surface area contributed by atoms with Crippen LogP contribution in [0.1, 0.15) is 23.4 Å². The number of aromatic nitrogens is 2. The van der Waals surface area contributed by atoms with Gasteiger partial charge in [-0.2, -0.15) is 16.9 Å². The van der Waals surface area contributed by atoms with E-state index in [9.17, 15) is 9.90 Å². The number of aliphatic hydroxyl groups is 1. The van der Waals surface area contributed by atoms with E-state index in [0.29, 0.717) is 19.5 Å². The number of nitrogens with zero attached hydrogens (tertiary/aromatic N) is 2. The van der Waals surface area contributed by atoms with Crippen LogP contribution in [-0.2, 0) is 11.3 Å². The van der Waals surface area contributed by atoms with Crippen molar-refractivity contribution in [1.29, 1.82) is 0 Å². The van der Waals surface area contributed by atoms with Crippen LogP contribution in [0, 0.1) is 20.8 Å². The first-order valence-corrected chi connectivity index (χ1v) is 7.82. The molecule has 1 aromatic rings. The highest BCUT2D eigenvalue weighted by atomic mass is 32.2. The van der Waals surface area contributed by atoms with E-state index in [-0.39, 0.29) is 5.91 Å². The molecule has 2 N–H and O–H groups in total. The summed E-state index contributed by atoms with van der Waals surface area (Å²) in [6, 6.07) is 0. The summed E-state index contributed by atoms with van der Waals surface area (Å²) in [7, 11) is 0. The Bertz CT molecular complexity index is 432. The third-order valence-electron chi connectivity index (χ3n) is 3.26. The van der Waals surface area contributed by atoms with Crippen LogP contribution in [0.25, 0.3) is 0 Å².